The van der Waals surface area contributed by atoms with Crippen LogP contribution in [0.2, 0.25) is 0 Å². The van der Waals surface area contributed by atoms with E-state index < -0.39 is 29.6 Å². The van der Waals surface area contributed by atoms with Crippen molar-refractivity contribution in [3.8, 4) is 22.6 Å². The third-order valence-corrected chi connectivity index (χ3v) is 18.1. The predicted octanol–water partition coefficient (Wildman–Crippen LogP) is 20.0. The summed E-state index contributed by atoms with van der Waals surface area (Å²) >= 11 is 0. The van der Waals surface area contributed by atoms with Gasteiger partial charge in [-0.15, -0.1) is 0 Å². The highest BCUT2D eigenvalue weighted by atomic mass is 19.4. The van der Waals surface area contributed by atoms with Crippen LogP contribution >= 0.6 is 0 Å². The highest BCUT2D eigenvalue weighted by Gasteiger charge is 2.34. The molecule has 0 aromatic heterocycles. The lowest BCUT2D eigenvalue weighted by Gasteiger charge is -2.31. The van der Waals surface area contributed by atoms with Crippen LogP contribution in [-0.4, -0.2) is 37.7 Å². The molecule has 9 aromatic rings. The van der Waals surface area contributed by atoms with Gasteiger partial charge in [0.25, 0.3) is 0 Å². The number of hydrogen-bond acceptors (Lipinski definition) is 17. The number of carbonyl (C=O) groups is 3. The van der Waals surface area contributed by atoms with Gasteiger partial charge in [-0.3, -0.25) is 0 Å². The van der Waals surface area contributed by atoms with Gasteiger partial charge in [0.1, 0.15) is 24.7 Å². The number of ether oxygens (including phenoxy) is 4. The topological polar surface area (TPSA) is 348 Å². The quantitative estimate of drug-likeness (QED) is 0.00657. The number of nitrogen functional groups attached to an aromatic ring is 10. The van der Waals surface area contributed by atoms with Crippen molar-refractivity contribution in [3.05, 3.63) is 251 Å². The molecule has 0 saturated heterocycles. The summed E-state index contributed by atoms with van der Waals surface area (Å²) in [5.74, 6) is -0.310. The first kappa shape index (κ1) is 87.4. The van der Waals surface area contributed by atoms with Crippen LogP contribution in [0.25, 0.3) is 11.1 Å². The molecule has 20 heteroatoms. The Kier molecular flexibility index (Phi) is 35.6. The Hall–Kier alpha value is -11.3. The fraction of sp³-hybridized carbons (Fsp3) is 0.330. The van der Waals surface area contributed by atoms with Gasteiger partial charge in [0, 0.05) is 67.6 Å². The van der Waals surface area contributed by atoms with Gasteiger partial charge in [0.05, 0.1) is 29.0 Å². The maximum Gasteiger partial charge on any atom is 0.417 e. The second kappa shape index (κ2) is 44.0. The highest BCUT2D eigenvalue weighted by molar-refractivity contribution is 5.92. The van der Waals surface area contributed by atoms with Crippen LogP contribution in [0, 0.1) is 6.92 Å². The number of benzene rings is 9. The summed E-state index contributed by atoms with van der Waals surface area (Å²) in [5, 5.41) is 0. The maximum absolute atomic E-state index is 13.0. The molecule has 0 amide bonds. The second-order valence-corrected chi connectivity index (χ2v) is 27.9. The molecule has 0 aliphatic carbocycles. The average molecular weight is 1480 g/mol. The molecule has 0 aliphatic rings. The van der Waals surface area contributed by atoms with E-state index in [4.69, 9.17) is 76.3 Å². The van der Waals surface area contributed by atoms with E-state index in [-0.39, 0.29) is 46.4 Å². The van der Waals surface area contributed by atoms with E-state index in [0.717, 1.165) is 36.2 Å². The van der Waals surface area contributed by atoms with Crippen LogP contribution < -0.4 is 66.8 Å². The van der Waals surface area contributed by atoms with Crippen molar-refractivity contribution in [2.45, 2.75) is 168 Å². The summed E-state index contributed by atoms with van der Waals surface area (Å²) in [6, 6.07) is 56.9. The number of carbonyl (C=O) groups excluding carboxylic acids is 3. The molecule has 0 aliphatic heterocycles. The number of unbranched alkanes of at least 4 members (excludes halogenated alkanes) is 15. The molecular weight excluding hydrogens is 1370 g/mol. The summed E-state index contributed by atoms with van der Waals surface area (Å²) in [7, 11) is 0. The van der Waals surface area contributed by atoms with Gasteiger partial charge in [-0.25, -0.2) is 14.4 Å². The van der Waals surface area contributed by atoms with Crippen molar-refractivity contribution < 1.29 is 46.5 Å². The Bertz CT molecular complexity index is 4170. The zero-order valence-corrected chi connectivity index (χ0v) is 63.9. The molecule has 9 aromatic carbocycles. The average Bonchev–Trinajstić information content (AvgIpc) is 0.780. The van der Waals surface area contributed by atoms with Crippen LogP contribution in [-0.2, 0) is 31.3 Å². The lowest BCUT2D eigenvalue weighted by atomic mass is 9.73. The van der Waals surface area contributed by atoms with E-state index in [1.54, 1.807) is 79.7 Å². The summed E-state index contributed by atoms with van der Waals surface area (Å²) in [6.45, 7) is 18.7. The number of anilines is 10. The molecule has 0 unspecified atom stereocenters. The van der Waals surface area contributed by atoms with Crippen molar-refractivity contribution in [1.82, 2.24) is 0 Å². The van der Waals surface area contributed by atoms with Crippen molar-refractivity contribution in [2.24, 2.45) is 0 Å². The van der Waals surface area contributed by atoms with E-state index in [0.29, 0.717) is 62.3 Å². The zero-order chi connectivity index (χ0) is 79.4. The van der Waals surface area contributed by atoms with Crippen LogP contribution in [0.3, 0.4) is 0 Å². The van der Waals surface area contributed by atoms with E-state index in [9.17, 15) is 27.6 Å². The first-order valence-corrected chi connectivity index (χ1v) is 36.8. The van der Waals surface area contributed by atoms with E-state index >= 15 is 0 Å². The fourth-order valence-corrected chi connectivity index (χ4v) is 11.6. The summed E-state index contributed by atoms with van der Waals surface area (Å²) in [5.41, 5.74) is 68.5. The van der Waals surface area contributed by atoms with Gasteiger partial charge in [0.15, 0.2) is 0 Å². The standard InChI is InChI=1S/C24H44N2O.C24H28N2.C14H13F3N2.C13H16N2O4.C13H12N2O2/c1-2-3-4-5-6-7-8-9-10-11-12-13-14-15-16-17-20-27-24-19-18-22(25)21-23(24)26;1-23(2,17-8-12-21(25)13-9-17)19-6-5-7-20(16-19)24(3,4)18-10-14-22(26)15-11-18;1-8-6-9(18)2-4-11(8)12-5-3-10(19)7-13(12)14(15,16)17;1-8(2)12(16)18-3-4-19-13(17)9-5-10(14)7-11(15)6-9;14-10-3-1-9(2-4-10)13(16)17-12-7-5-11(15)6-8-12/h18-19,21H,2-17,20,25-26H2,1H3;5-16H,25-26H2,1-4H3;2-7H,18-19H2,1H3;5-7H,1,3-4,14-15H2,2H3;1-8H,14-15H2. The highest BCUT2D eigenvalue weighted by Crippen LogP contribution is 2.41. The van der Waals surface area contributed by atoms with Crippen molar-refractivity contribution in [2.75, 3.05) is 77.2 Å². The molecule has 578 valence electrons. The van der Waals surface area contributed by atoms with Crippen molar-refractivity contribution >= 4 is 74.8 Å². The molecule has 9 rings (SSSR count). The molecule has 0 saturated carbocycles. The molecule has 0 spiro atoms. The van der Waals surface area contributed by atoms with Gasteiger partial charge in [-0.05, 0) is 193 Å². The Morgan fingerprint density at radius 1 is 0.389 bits per heavy atom. The molecule has 0 radical (unpaired) electrons. The number of nitrogens with two attached hydrogens (primary N) is 10. The molecule has 0 atom stereocenters. The van der Waals surface area contributed by atoms with Crippen LogP contribution in [0.5, 0.6) is 11.5 Å². The van der Waals surface area contributed by atoms with Gasteiger partial charge < -0.3 is 76.3 Å². The first-order valence-electron chi connectivity index (χ1n) is 36.8. The largest absolute Gasteiger partial charge is 0.491 e. The number of alkyl halides is 3. The lowest BCUT2D eigenvalue weighted by molar-refractivity contribution is -0.140. The van der Waals surface area contributed by atoms with Crippen LogP contribution in [0.15, 0.2) is 206 Å². The number of rotatable bonds is 30. The molecular formula is C88H113F3N10O7. The number of aryl methyl sites for hydroxylation is 1. The number of halogens is 3. The van der Waals surface area contributed by atoms with Gasteiger partial charge in [-0.2, -0.15) is 13.2 Å². The molecule has 108 heavy (non-hydrogen) atoms. The first-order chi connectivity index (χ1) is 51.3. The third kappa shape index (κ3) is 30.3. The van der Waals surface area contributed by atoms with Gasteiger partial charge >= 0.3 is 24.1 Å². The van der Waals surface area contributed by atoms with E-state index in [1.807, 2.05) is 36.4 Å². The van der Waals surface area contributed by atoms with E-state index in [1.165, 1.54) is 156 Å². The Morgan fingerprint density at radius 3 is 1.25 bits per heavy atom. The second-order valence-electron chi connectivity index (χ2n) is 27.9. The van der Waals surface area contributed by atoms with Crippen molar-refractivity contribution in [3.63, 3.8) is 0 Å². The monoisotopic (exact) mass is 1480 g/mol. The van der Waals surface area contributed by atoms with E-state index in [2.05, 4.69) is 89.7 Å². The number of esters is 3. The summed E-state index contributed by atoms with van der Waals surface area (Å²) in [4.78, 5) is 34.4. The normalized spacial score (nSPS) is 11.0. The summed E-state index contributed by atoms with van der Waals surface area (Å²) < 4.78 is 59.7. The Balaban J connectivity index is 0.000000245. The maximum atomic E-state index is 13.0. The fourth-order valence-electron chi connectivity index (χ4n) is 11.6. The molecule has 17 nitrogen and oxygen atoms in total. The van der Waals surface area contributed by atoms with Gasteiger partial charge in [0.2, 0.25) is 0 Å². The number of hydrogen-bond donors (Lipinski definition) is 10. The summed E-state index contributed by atoms with van der Waals surface area (Å²) in [6.07, 6.45) is 17.7. The predicted molar refractivity (Wildman–Crippen MR) is 441 cm³/mol. The minimum Gasteiger partial charge on any atom is -0.491 e. The Labute approximate surface area is 636 Å². The van der Waals surface area contributed by atoms with Crippen LogP contribution in [0.4, 0.5) is 70.0 Å². The molecule has 0 heterocycles. The minimum absolute atomic E-state index is 0.0325. The lowest BCUT2D eigenvalue weighted by Crippen LogP contribution is -2.23. The SMILES string of the molecule is C=C(C)C(=O)OCCOC(=O)c1cc(N)cc(N)c1.CC(C)(c1ccc(N)cc1)c1cccc(C(C)(C)c2ccc(N)cc2)c1.CCCCCCCCCCCCCCCCCCOc1ccc(N)cc1N.Cc1cc(N)ccc1-c1ccc(N)cc1C(F)(F)F.Nc1ccc(OC(=O)c2ccc(N)cc2)cc1. The van der Waals surface area contributed by atoms with Gasteiger partial charge in [-0.1, -0.05) is 198 Å². The smallest absolute Gasteiger partial charge is 0.417 e. The molecule has 20 N–H and O–H groups in total. The molecule has 0 bridgehead atoms. The zero-order valence-electron chi connectivity index (χ0n) is 63.9. The van der Waals surface area contributed by atoms with Crippen LogP contribution in [0.1, 0.15) is 198 Å². The minimum atomic E-state index is -4.45. The third-order valence-electron chi connectivity index (χ3n) is 18.1. The Morgan fingerprint density at radius 2 is 0.796 bits per heavy atom. The van der Waals surface area contributed by atoms with Crippen molar-refractivity contribution in [1.29, 1.82) is 0 Å². The molecule has 0 fully saturated rings.